The molecule has 2 saturated carbocycles. The summed E-state index contributed by atoms with van der Waals surface area (Å²) in [4.78, 5) is 29.6. The average molecular weight is 583 g/mol. The van der Waals surface area contributed by atoms with Crippen LogP contribution >= 0.6 is 11.6 Å². The normalized spacial score (nSPS) is 18.5. The molecule has 0 saturated heterocycles. The molecule has 0 unspecified atom stereocenters. The molecule has 2 aromatic carbocycles. The highest BCUT2D eigenvalue weighted by molar-refractivity contribution is 6.31. The molecule has 2 aliphatic rings. The molecule has 1 aromatic heterocycles. The van der Waals surface area contributed by atoms with Gasteiger partial charge in [0.05, 0.1) is 11.0 Å². The summed E-state index contributed by atoms with van der Waals surface area (Å²) in [6, 6.07) is 9.76. The van der Waals surface area contributed by atoms with Gasteiger partial charge in [-0.1, -0.05) is 23.7 Å². The number of benzene rings is 2. The van der Waals surface area contributed by atoms with Crippen molar-refractivity contribution in [3.8, 4) is 0 Å². The van der Waals surface area contributed by atoms with Crippen LogP contribution in [0.5, 0.6) is 0 Å². The van der Waals surface area contributed by atoms with Crippen LogP contribution < -0.4 is 10.6 Å². The molecule has 3 aromatic rings. The zero-order valence-electron chi connectivity index (χ0n) is 21.7. The Labute approximate surface area is 232 Å². The molecule has 5 rings (SSSR count). The molecule has 1 heterocycles. The molecule has 2 amide bonds. The number of aryl methyl sites for hydroxylation is 1. The number of amides is 2. The smallest absolute Gasteiger partial charge is 0.351 e. The van der Waals surface area contributed by atoms with Crippen molar-refractivity contribution in [2.75, 3.05) is 0 Å². The predicted octanol–water partition coefficient (Wildman–Crippen LogP) is 6.08. The second-order valence-electron chi connectivity index (χ2n) is 10.8. The Morgan fingerprint density at radius 3 is 2.42 bits per heavy atom. The lowest BCUT2D eigenvalue weighted by Gasteiger charge is -2.28. The van der Waals surface area contributed by atoms with E-state index in [1.54, 1.807) is 36.4 Å². The first-order valence-electron chi connectivity index (χ1n) is 13.0. The number of fused-ring (bicyclic) bond motifs is 1. The summed E-state index contributed by atoms with van der Waals surface area (Å²) in [5, 5.41) is 5.68. The predicted molar refractivity (Wildman–Crippen MR) is 139 cm³/mol. The quantitative estimate of drug-likeness (QED) is 0.331. The molecule has 2 fully saturated rings. The van der Waals surface area contributed by atoms with Crippen LogP contribution in [0.3, 0.4) is 0 Å². The number of alkyl halides is 5. The van der Waals surface area contributed by atoms with E-state index in [2.05, 4.69) is 15.6 Å². The molecule has 0 spiro atoms. The highest BCUT2D eigenvalue weighted by Crippen LogP contribution is 2.57. The first kappa shape index (κ1) is 28.3. The summed E-state index contributed by atoms with van der Waals surface area (Å²) >= 11 is 6.41. The van der Waals surface area contributed by atoms with Gasteiger partial charge in [0, 0.05) is 49.5 Å². The van der Waals surface area contributed by atoms with Crippen LogP contribution in [-0.2, 0) is 24.8 Å². The number of imidazole rings is 1. The lowest BCUT2D eigenvalue weighted by atomic mass is 9.92. The number of carbonyl (C=O) groups excluding carboxylic acids is 2. The summed E-state index contributed by atoms with van der Waals surface area (Å²) in [5.41, 5.74) is 0.709. The summed E-state index contributed by atoms with van der Waals surface area (Å²) in [7, 11) is 1.82. The van der Waals surface area contributed by atoms with Crippen LogP contribution in [0.2, 0.25) is 5.02 Å². The van der Waals surface area contributed by atoms with Crippen LogP contribution in [0.25, 0.3) is 11.0 Å². The number of nitrogens with zero attached hydrogens (tertiary/aromatic N) is 2. The lowest BCUT2D eigenvalue weighted by Crippen LogP contribution is -2.40. The fourth-order valence-electron chi connectivity index (χ4n) is 5.16. The molecule has 0 radical (unpaired) electrons. The Kier molecular flexibility index (Phi) is 7.31. The highest BCUT2D eigenvalue weighted by Gasteiger charge is 2.68. The highest BCUT2D eigenvalue weighted by atomic mass is 35.5. The fraction of sp³-hybridized carbons (Fsp3) is 0.464. The Balaban J connectivity index is 1.27. The summed E-state index contributed by atoms with van der Waals surface area (Å²) in [6.07, 6.45) is -4.72. The molecule has 0 bridgehead atoms. The van der Waals surface area contributed by atoms with Gasteiger partial charge >= 0.3 is 6.18 Å². The summed E-state index contributed by atoms with van der Waals surface area (Å²) in [6.45, 7) is -0.0690. The minimum Gasteiger partial charge on any atom is -0.351 e. The Hall–Kier alpha value is -3.21. The third-order valence-electron chi connectivity index (χ3n) is 7.93. The standard InChI is InChI=1S/C28H28ClF5N4O2/c1-38-22-5-3-17(24(39)36-19-6-8-27(30,31)9-7-19)13-21(22)37-23(38)14-18-12-16(2-4-20(18)29)15-35-25(40)26(10-11-26)28(32,33)34/h2-5,12-13,19H,6-11,14-15H2,1H3,(H,35,40)(H,36,39). The van der Waals surface area contributed by atoms with E-state index in [-0.39, 0.29) is 57.0 Å². The van der Waals surface area contributed by atoms with Gasteiger partial charge in [-0.15, -0.1) is 0 Å². The molecule has 2 aliphatic carbocycles. The van der Waals surface area contributed by atoms with E-state index < -0.39 is 23.4 Å². The van der Waals surface area contributed by atoms with Crippen molar-refractivity contribution in [1.82, 2.24) is 20.2 Å². The van der Waals surface area contributed by atoms with E-state index in [0.29, 0.717) is 39.5 Å². The van der Waals surface area contributed by atoms with Gasteiger partial charge in [0.15, 0.2) is 0 Å². The largest absolute Gasteiger partial charge is 0.403 e. The Morgan fingerprint density at radius 1 is 1.07 bits per heavy atom. The molecule has 6 nitrogen and oxygen atoms in total. The van der Waals surface area contributed by atoms with Gasteiger partial charge in [0.1, 0.15) is 11.2 Å². The topological polar surface area (TPSA) is 76.0 Å². The van der Waals surface area contributed by atoms with Crippen LogP contribution in [0.15, 0.2) is 36.4 Å². The van der Waals surface area contributed by atoms with E-state index in [1.165, 1.54) is 0 Å². The maximum atomic E-state index is 13.4. The van der Waals surface area contributed by atoms with Crippen molar-refractivity contribution in [3.05, 3.63) is 63.9 Å². The molecule has 0 aliphatic heterocycles. The van der Waals surface area contributed by atoms with Crippen LogP contribution in [-0.4, -0.2) is 39.5 Å². The second-order valence-corrected chi connectivity index (χ2v) is 11.2. The van der Waals surface area contributed by atoms with Gasteiger partial charge in [-0.25, -0.2) is 13.8 Å². The average Bonchev–Trinajstić information content (AvgIpc) is 3.66. The molecule has 214 valence electrons. The number of hydrogen-bond donors (Lipinski definition) is 2. The third-order valence-corrected chi connectivity index (χ3v) is 8.30. The first-order valence-corrected chi connectivity index (χ1v) is 13.4. The minimum atomic E-state index is -4.57. The number of nitrogens with one attached hydrogen (secondary N) is 2. The number of carbonyl (C=O) groups is 2. The van der Waals surface area contributed by atoms with E-state index in [9.17, 15) is 31.5 Å². The molecule has 12 heteroatoms. The third kappa shape index (κ3) is 5.66. The number of aromatic nitrogens is 2. The lowest BCUT2D eigenvalue weighted by molar-refractivity contribution is -0.192. The minimum absolute atomic E-state index is 0.0690. The van der Waals surface area contributed by atoms with Gasteiger partial charge in [0.2, 0.25) is 11.8 Å². The van der Waals surface area contributed by atoms with Crippen molar-refractivity contribution in [2.24, 2.45) is 12.5 Å². The van der Waals surface area contributed by atoms with Crippen molar-refractivity contribution < 1.29 is 31.5 Å². The zero-order valence-corrected chi connectivity index (χ0v) is 22.4. The van der Waals surface area contributed by atoms with E-state index in [0.717, 1.165) is 5.52 Å². The number of rotatable bonds is 7. The number of hydrogen-bond acceptors (Lipinski definition) is 3. The molecular formula is C28H28ClF5N4O2. The van der Waals surface area contributed by atoms with Crippen molar-refractivity contribution >= 4 is 34.4 Å². The summed E-state index contributed by atoms with van der Waals surface area (Å²) in [5.74, 6) is -3.40. The second kappa shape index (κ2) is 10.3. The van der Waals surface area contributed by atoms with Gasteiger partial charge in [-0.3, -0.25) is 9.59 Å². The van der Waals surface area contributed by atoms with Crippen molar-refractivity contribution in [2.45, 2.75) is 69.6 Å². The van der Waals surface area contributed by atoms with Crippen molar-refractivity contribution in [1.29, 1.82) is 0 Å². The van der Waals surface area contributed by atoms with Crippen LogP contribution in [0, 0.1) is 5.41 Å². The van der Waals surface area contributed by atoms with E-state index in [1.807, 2.05) is 11.6 Å². The maximum Gasteiger partial charge on any atom is 0.403 e. The van der Waals surface area contributed by atoms with Crippen molar-refractivity contribution in [3.63, 3.8) is 0 Å². The fourth-order valence-corrected chi connectivity index (χ4v) is 5.35. The van der Waals surface area contributed by atoms with Gasteiger partial charge < -0.3 is 15.2 Å². The van der Waals surface area contributed by atoms with E-state index in [4.69, 9.17) is 11.6 Å². The van der Waals surface area contributed by atoms with Gasteiger partial charge in [-0.05, 0) is 61.1 Å². The Bertz CT molecular complexity index is 1450. The summed E-state index contributed by atoms with van der Waals surface area (Å²) < 4.78 is 68.4. The molecule has 2 N–H and O–H groups in total. The monoisotopic (exact) mass is 582 g/mol. The van der Waals surface area contributed by atoms with Crippen LogP contribution in [0.4, 0.5) is 22.0 Å². The SMILES string of the molecule is Cn1c(Cc2cc(CNC(=O)C3(C(F)(F)F)CC3)ccc2Cl)nc2cc(C(=O)NC3CCC(F)(F)CC3)ccc21. The van der Waals surface area contributed by atoms with E-state index >= 15 is 0 Å². The van der Waals surface area contributed by atoms with Gasteiger partial charge in [-0.2, -0.15) is 13.2 Å². The van der Waals surface area contributed by atoms with Gasteiger partial charge in [0.25, 0.3) is 5.91 Å². The molecule has 40 heavy (non-hydrogen) atoms. The molecule has 0 atom stereocenters. The maximum absolute atomic E-state index is 13.4. The molecular weight excluding hydrogens is 555 g/mol. The Morgan fingerprint density at radius 2 is 1.77 bits per heavy atom. The zero-order chi connectivity index (χ0) is 28.9. The first-order chi connectivity index (χ1) is 18.8. The number of halogens is 6. The van der Waals surface area contributed by atoms with Crippen LogP contribution in [0.1, 0.15) is 65.8 Å².